The Hall–Kier alpha value is -2.56. The van der Waals surface area contributed by atoms with Gasteiger partial charge in [-0.1, -0.05) is 30.3 Å². The van der Waals surface area contributed by atoms with Crippen LogP contribution in [0, 0.1) is 5.92 Å². The highest BCUT2D eigenvalue weighted by molar-refractivity contribution is 5.84. The maximum atomic E-state index is 12.3. The summed E-state index contributed by atoms with van der Waals surface area (Å²) in [6.07, 6.45) is 3.51. The molecule has 0 aromatic heterocycles. The summed E-state index contributed by atoms with van der Waals surface area (Å²) in [7, 11) is 0. The van der Waals surface area contributed by atoms with E-state index in [1.54, 1.807) is 4.90 Å². The molecule has 1 saturated heterocycles. The molecule has 0 bridgehead atoms. The lowest BCUT2D eigenvalue weighted by Crippen LogP contribution is -2.54. The first-order valence-corrected chi connectivity index (χ1v) is 9.25. The van der Waals surface area contributed by atoms with E-state index in [0.29, 0.717) is 44.0 Å². The average Bonchev–Trinajstić information content (AvgIpc) is 3.46. The molecule has 0 radical (unpaired) electrons. The third-order valence-corrected chi connectivity index (χ3v) is 5.51. The first-order chi connectivity index (χ1) is 12.6. The molecule has 0 spiro atoms. The van der Waals surface area contributed by atoms with Crippen LogP contribution in [0.3, 0.4) is 0 Å². The average molecular weight is 353 g/mol. The number of amides is 1. The maximum absolute atomic E-state index is 12.3. The number of hydrogen-bond acceptors (Lipinski definition) is 3. The minimum atomic E-state index is -1.27. The van der Waals surface area contributed by atoms with Gasteiger partial charge in [0.15, 0.2) is 0 Å². The van der Waals surface area contributed by atoms with Gasteiger partial charge in [0.2, 0.25) is 11.5 Å². The van der Waals surface area contributed by atoms with E-state index in [9.17, 15) is 14.7 Å². The van der Waals surface area contributed by atoms with E-state index in [1.165, 1.54) is 0 Å². The minimum absolute atomic E-state index is 0.150. The van der Waals surface area contributed by atoms with E-state index in [4.69, 9.17) is 4.74 Å². The molecular formula is C21H23NO4. The van der Waals surface area contributed by atoms with Crippen LogP contribution in [-0.4, -0.2) is 40.6 Å². The maximum Gasteiger partial charge on any atom is 0.348 e. The van der Waals surface area contributed by atoms with Crippen molar-refractivity contribution in [1.82, 2.24) is 4.90 Å². The highest BCUT2D eigenvalue weighted by atomic mass is 16.5. The number of rotatable bonds is 5. The standard InChI is InChI=1S/C21H23NO4/c23-19(13-15-5-6-15)22-11-9-21(10-12-22,20(24)25)26-18-8-7-16-3-1-2-4-17(16)14-18/h1-4,7-8,14-15H,5-6,9-13H2,(H,24,25). The normalized spacial score (nSPS) is 19.3. The Bertz CT molecular complexity index is 835. The van der Waals surface area contributed by atoms with Crippen molar-refractivity contribution < 1.29 is 19.4 Å². The van der Waals surface area contributed by atoms with Gasteiger partial charge in [0.25, 0.3) is 0 Å². The number of likely N-dealkylation sites (tertiary alicyclic amines) is 1. The second-order valence-corrected chi connectivity index (χ2v) is 7.44. The van der Waals surface area contributed by atoms with Gasteiger partial charge >= 0.3 is 5.97 Å². The van der Waals surface area contributed by atoms with Crippen LogP contribution in [0.25, 0.3) is 10.8 Å². The molecular weight excluding hydrogens is 330 g/mol. The lowest BCUT2D eigenvalue weighted by Gasteiger charge is -2.39. The van der Waals surface area contributed by atoms with Crippen molar-refractivity contribution >= 4 is 22.6 Å². The van der Waals surface area contributed by atoms with Crippen LogP contribution in [0.1, 0.15) is 32.1 Å². The Kier molecular flexibility index (Phi) is 4.31. The van der Waals surface area contributed by atoms with Crippen LogP contribution in [0.15, 0.2) is 42.5 Å². The second-order valence-electron chi connectivity index (χ2n) is 7.44. The fourth-order valence-electron chi connectivity index (χ4n) is 3.63. The predicted octanol–water partition coefficient (Wildman–Crippen LogP) is 3.46. The number of piperidine rings is 1. The fourth-order valence-corrected chi connectivity index (χ4v) is 3.63. The third kappa shape index (κ3) is 3.39. The predicted molar refractivity (Wildman–Crippen MR) is 98.1 cm³/mol. The van der Waals surface area contributed by atoms with Crippen molar-refractivity contribution in [3.63, 3.8) is 0 Å². The highest BCUT2D eigenvalue weighted by Crippen LogP contribution is 2.35. The van der Waals surface area contributed by atoms with Gasteiger partial charge in [0, 0.05) is 32.4 Å². The molecule has 2 fully saturated rings. The second kappa shape index (κ2) is 6.63. The molecule has 1 N–H and O–H groups in total. The minimum Gasteiger partial charge on any atom is -0.478 e. The molecule has 1 saturated carbocycles. The van der Waals surface area contributed by atoms with Gasteiger partial charge in [-0.2, -0.15) is 0 Å². The molecule has 1 aliphatic carbocycles. The van der Waals surface area contributed by atoms with Crippen molar-refractivity contribution in [1.29, 1.82) is 0 Å². The van der Waals surface area contributed by atoms with Gasteiger partial charge in [-0.25, -0.2) is 4.79 Å². The van der Waals surface area contributed by atoms with Gasteiger partial charge in [-0.3, -0.25) is 4.79 Å². The zero-order valence-electron chi connectivity index (χ0n) is 14.7. The van der Waals surface area contributed by atoms with E-state index in [1.807, 2.05) is 42.5 Å². The first kappa shape index (κ1) is 16.9. The molecule has 0 unspecified atom stereocenters. The summed E-state index contributed by atoms with van der Waals surface area (Å²) in [5, 5.41) is 11.9. The molecule has 2 aromatic carbocycles. The van der Waals surface area contributed by atoms with Crippen LogP contribution in [0.2, 0.25) is 0 Å². The van der Waals surface area contributed by atoms with Crippen LogP contribution < -0.4 is 4.74 Å². The molecule has 5 heteroatoms. The molecule has 2 aliphatic rings. The van der Waals surface area contributed by atoms with E-state index in [0.717, 1.165) is 23.6 Å². The number of nitrogens with zero attached hydrogens (tertiary/aromatic N) is 1. The number of carboxylic acid groups (broad SMARTS) is 1. The number of ether oxygens (including phenoxy) is 1. The number of hydrogen-bond donors (Lipinski definition) is 1. The smallest absolute Gasteiger partial charge is 0.348 e. The molecule has 1 heterocycles. The zero-order valence-corrected chi connectivity index (χ0v) is 14.7. The number of carboxylic acids is 1. The highest BCUT2D eigenvalue weighted by Gasteiger charge is 2.45. The fraction of sp³-hybridized carbons (Fsp3) is 0.429. The number of carbonyl (C=O) groups excluding carboxylic acids is 1. The third-order valence-electron chi connectivity index (χ3n) is 5.51. The molecule has 4 rings (SSSR count). The van der Waals surface area contributed by atoms with Crippen molar-refractivity contribution in [3.8, 4) is 5.75 Å². The molecule has 136 valence electrons. The first-order valence-electron chi connectivity index (χ1n) is 9.25. The van der Waals surface area contributed by atoms with Gasteiger partial charge < -0.3 is 14.7 Å². The number of aliphatic carboxylic acids is 1. The van der Waals surface area contributed by atoms with Crippen LogP contribution in [-0.2, 0) is 9.59 Å². The van der Waals surface area contributed by atoms with Gasteiger partial charge in [0.05, 0.1) is 0 Å². The Morgan fingerprint density at radius 1 is 1.08 bits per heavy atom. The SMILES string of the molecule is O=C(CC1CC1)N1CCC(Oc2ccc3ccccc3c2)(C(=O)O)CC1. The lowest BCUT2D eigenvalue weighted by molar-refractivity contribution is -0.161. The Balaban J connectivity index is 1.48. The summed E-state index contributed by atoms with van der Waals surface area (Å²) >= 11 is 0. The van der Waals surface area contributed by atoms with Crippen LogP contribution in [0.4, 0.5) is 0 Å². The van der Waals surface area contributed by atoms with E-state index < -0.39 is 11.6 Å². The summed E-state index contributed by atoms with van der Waals surface area (Å²) in [4.78, 5) is 26.0. The summed E-state index contributed by atoms with van der Waals surface area (Å²) in [5.41, 5.74) is -1.27. The van der Waals surface area contributed by atoms with Crippen molar-refractivity contribution in [2.45, 2.75) is 37.7 Å². The number of benzene rings is 2. The summed E-state index contributed by atoms with van der Waals surface area (Å²) in [6, 6.07) is 13.5. The van der Waals surface area contributed by atoms with Crippen LogP contribution >= 0.6 is 0 Å². The van der Waals surface area contributed by atoms with E-state index in [-0.39, 0.29) is 5.91 Å². The summed E-state index contributed by atoms with van der Waals surface area (Å²) in [6.45, 7) is 0.872. The Morgan fingerprint density at radius 2 is 1.77 bits per heavy atom. The van der Waals surface area contributed by atoms with Crippen LogP contribution in [0.5, 0.6) is 5.75 Å². The quantitative estimate of drug-likeness (QED) is 0.894. The summed E-state index contributed by atoms with van der Waals surface area (Å²) < 4.78 is 6.00. The molecule has 2 aromatic rings. The molecule has 1 amide bonds. The summed E-state index contributed by atoms with van der Waals surface area (Å²) in [5.74, 6) is 0.295. The van der Waals surface area contributed by atoms with E-state index >= 15 is 0 Å². The zero-order chi connectivity index (χ0) is 18.1. The van der Waals surface area contributed by atoms with Crippen molar-refractivity contribution in [2.24, 2.45) is 5.92 Å². The largest absolute Gasteiger partial charge is 0.478 e. The number of fused-ring (bicyclic) bond motifs is 1. The molecule has 1 aliphatic heterocycles. The van der Waals surface area contributed by atoms with Gasteiger partial charge in [-0.15, -0.1) is 0 Å². The Morgan fingerprint density at radius 3 is 2.42 bits per heavy atom. The molecule has 0 atom stereocenters. The molecule has 5 nitrogen and oxygen atoms in total. The van der Waals surface area contributed by atoms with Crippen molar-refractivity contribution in [2.75, 3.05) is 13.1 Å². The topological polar surface area (TPSA) is 66.8 Å². The monoisotopic (exact) mass is 353 g/mol. The van der Waals surface area contributed by atoms with E-state index in [2.05, 4.69) is 0 Å². The van der Waals surface area contributed by atoms with Gasteiger partial charge in [0.1, 0.15) is 5.75 Å². The number of carbonyl (C=O) groups is 2. The molecule has 26 heavy (non-hydrogen) atoms. The Labute approximate surface area is 152 Å². The lowest BCUT2D eigenvalue weighted by atomic mass is 9.90. The van der Waals surface area contributed by atoms with Gasteiger partial charge in [-0.05, 0) is 41.7 Å². The van der Waals surface area contributed by atoms with Crippen molar-refractivity contribution in [3.05, 3.63) is 42.5 Å².